The van der Waals surface area contributed by atoms with E-state index in [2.05, 4.69) is 60.7 Å². The average molecular weight is 552 g/mol. The van der Waals surface area contributed by atoms with Gasteiger partial charge < -0.3 is 0 Å². The molecule has 0 fully saturated rings. The molecule has 0 unspecified atom stereocenters. The standard InChI is InChI=1S/C38H25N5/c1-4-13-26(14-5-1)36-39-37(27-15-6-2-7-16-27)41-38(40-36)31-20-12-19-30(23-31)35-33-24-28-17-10-11-18-29(28)25-34(33)43(42-35)32-21-8-3-9-22-32/h1-25H. The van der Waals surface area contributed by atoms with Crippen molar-refractivity contribution >= 4 is 21.7 Å². The zero-order chi connectivity index (χ0) is 28.6. The molecule has 0 aliphatic rings. The molecule has 6 aromatic carbocycles. The highest BCUT2D eigenvalue weighted by Gasteiger charge is 2.17. The molecule has 2 heterocycles. The molecule has 8 rings (SSSR count). The molecule has 2 aromatic heterocycles. The fourth-order valence-corrected chi connectivity index (χ4v) is 5.52. The number of benzene rings is 6. The zero-order valence-corrected chi connectivity index (χ0v) is 23.2. The second-order valence-electron chi connectivity index (χ2n) is 10.4. The second-order valence-corrected chi connectivity index (χ2v) is 10.4. The molecule has 0 bridgehead atoms. The highest BCUT2D eigenvalue weighted by Crippen LogP contribution is 2.35. The van der Waals surface area contributed by atoms with Crippen molar-refractivity contribution in [3.63, 3.8) is 0 Å². The van der Waals surface area contributed by atoms with Crippen LogP contribution in [0.3, 0.4) is 0 Å². The molecule has 0 aliphatic heterocycles. The van der Waals surface area contributed by atoms with E-state index >= 15 is 0 Å². The number of aromatic nitrogens is 5. The summed E-state index contributed by atoms with van der Waals surface area (Å²) in [5.41, 5.74) is 6.77. The van der Waals surface area contributed by atoms with E-state index in [4.69, 9.17) is 20.1 Å². The van der Waals surface area contributed by atoms with Crippen molar-refractivity contribution in [3.8, 4) is 51.1 Å². The van der Waals surface area contributed by atoms with E-state index in [9.17, 15) is 0 Å². The molecule has 0 amide bonds. The molecule has 0 aliphatic carbocycles. The smallest absolute Gasteiger partial charge is 0.164 e. The van der Waals surface area contributed by atoms with Crippen LogP contribution in [0.1, 0.15) is 0 Å². The van der Waals surface area contributed by atoms with Crippen LogP contribution in [0.25, 0.3) is 72.8 Å². The molecule has 0 saturated heterocycles. The molecule has 43 heavy (non-hydrogen) atoms. The minimum atomic E-state index is 0.617. The number of rotatable bonds is 5. The fourth-order valence-electron chi connectivity index (χ4n) is 5.52. The maximum absolute atomic E-state index is 5.18. The SMILES string of the molecule is c1ccc(-c2nc(-c3ccccc3)nc(-c3cccc(-c4nn(-c5ccccc5)c5cc6ccccc6cc45)c3)n2)cc1. The lowest BCUT2D eigenvalue weighted by Gasteiger charge is -2.09. The molecular weight excluding hydrogens is 526 g/mol. The molecule has 0 radical (unpaired) electrons. The van der Waals surface area contributed by atoms with Gasteiger partial charge in [0.25, 0.3) is 0 Å². The van der Waals surface area contributed by atoms with E-state index in [0.717, 1.165) is 44.5 Å². The van der Waals surface area contributed by atoms with Gasteiger partial charge in [-0.25, -0.2) is 19.6 Å². The van der Waals surface area contributed by atoms with Crippen molar-refractivity contribution in [2.24, 2.45) is 0 Å². The number of para-hydroxylation sites is 1. The number of nitrogens with zero attached hydrogens (tertiary/aromatic N) is 5. The normalized spacial score (nSPS) is 11.3. The van der Waals surface area contributed by atoms with Crippen molar-refractivity contribution in [3.05, 3.63) is 152 Å². The van der Waals surface area contributed by atoms with Gasteiger partial charge in [-0.3, -0.25) is 0 Å². The highest BCUT2D eigenvalue weighted by molar-refractivity contribution is 6.03. The quantitative estimate of drug-likeness (QED) is 0.214. The summed E-state index contributed by atoms with van der Waals surface area (Å²) in [7, 11) is 0. The Hall–Kier alpha value is -5.94. The minimum absolute atomic E-state index is 0.617. The first-order valence-electron chi connectivity index (χ1n) is 14.2. The Labute approximate surface area is 248 Å². The van der Waals surface area contributed by atoms with Crippen LogP contribution in [0.2, 0.25) is 0 Å². The van der Waals surface area contributed by atoms with Gasteiger partial charge in [0.1, 0.15) is 5.69 Å². The van der Waals surface area contributed by atoms with E-state index in [1.165, 1.54) is 10.8 Å². The molecule has 0 spiro atoms. The topological polar surface area (TPSA) is 56.5 Å². The summed E-state index contributed by atoms with van der Waals surface area (Å²) in [6.07, 6.45) is 0. The van der Waals surface area contributed by atoms with Crippen LogP contribution in [0.4, 0.5) is 0 Å². The third kappa shape index (κ3) is 4.63. The average Bonchev–Trinajstić information content (AvgIpc) is 3.46. The lowest BCUT2D eigenvalue weighted by Crippen LogP contribution is -2.00. The fraction of sp³-hybridized carbons (Fsp3) is 0. The van der Waals surface area contributed by atoms with Crippen LogP contribution < -0.4 is 0 Å². The Morgan fingerprint density at radius 2 is 0.884 bits per heavy atom. The van der Waals surface area contributed by atoms with Gasteiger partial charge in [-0.2, -0.15) is 5.10 Å². The summed E-state index contributed by atoms with van der Waals surface area (Å²) in [6, 6.07) is 51.6. The van der Waals surface area contributed by atoms with Gasteiger partial charge in [0.15, 0.2) is 17.5 Å². The first kappa shape index (κ1) is 24.8. The first-order chi connectivity index (χ1) is 21.3. The summed E-state index contributed by atoms with van der Waals surface area (Å²) in [5.74, 6) is 1.90. The van der Waals surface area contributed by atoms with Crippen molar-refractivity contribution in [2.45, 2.75) is 0 Å². The van der Waals surface area contributed by atoms with Gasteiger partial charge in [-0.15, -0.1) is 0 Å². The molecule has 5 nitrogen and oxygen atoms in total. The van der Waals surface area contributed by atoms with Gasteiger partial charge in [-0.05, 0) is 41.1 Å². The Morgan fingerprint density at radius 3 is 1.51 bits per heavy atom. The lowest BCUT2D eigenvalue weighted by atomic mass is 10.0. The van der Waals surface area contributed by atoms with E-state index in [1.54, 1.807) is 0 Å². The van der Waals surface area contributed by atoms with Crippen LogP contribution in [0, 0.1) is 0 Å². The summed E-state index contributed by atoms with van der Waals surface area (Å²) in [6.45, 7) is 0. The Kier molecular flexibility index (Phi) is 6.05. The Bertz CT molecular complexity index is 2170. The summed E-state index contributed by atoms with van der Waals surface area (Å²) in [5, 5.41) is 8.63. The van der Waals surface area contributed by atoms with Gasteiger partial charge in [-0.1, -0.05) is 121 Å². The third-order valence-electron chi connectivity index (χ3n) is 7.64. The second kappa shape index (κ2) is 10.5. The van der Waals surface area contributed by atoms with Crippen molar-refractivity contribution in [1.82, 2.24) is 24.7 Å². The van der Waals surface area contributed by atoms with Crippen LogP contribution >= 0.6 is 0 Å². The van der Waals surface area contributed by atoms with Gasteiger partial charge >= 0.3 is 0 Å². The van der Waals surface area contributed by atoms with Crippen molar-refractivity contribution in [1.29, 1.82) is 0 Å². The maximum Gasteiger partial charge on any atom is 0.164 e. The predicted molar refractivity (Wildman–Crippen MR) is 174 cm³/mol. The van der Waals surface area contributed by atoms with E-state index in [-0.39, 0.29) is 0 Å². The van der Waals surface area contributed by atoms with Crippen LogP contribution in [0.15, 0.2) is 152 Å². The largest absolute Gasteiger partial charge is 0.232 e. The van der Waals surface area contributed by atoms with Crippen LogP contribution in [-0.2, 0) is 0 Å². The Morgan fingerprint density at radius 1 is 0.395 bits per heavy atom. The Balaban J connectivity index is 1.32. The molecule has 0 saturated carbocycles. The maximum atomic E-state index is 5.18. The molecule has 202 valence electrons. The van der Waals surface area contributed by atoms with E-state index < -0.39 is 0 Å². The number of fused-ring (bicyclic) bond motifs is 2. The minimum Gasteiger partial charge on any atom is -0.232 e. The third-order valence-corrected chi connectivity index (χ3v) is 7.64. The number of hydrogen-bond acceptors (Lipinski definition) is 4. The van der Waals surface area contributed by atoms with Crippen LogP contribution in [0.5, 0.6) is 0 Å². The summed E-state index contributed by atoms with van der Waals surface area (Å²) >= 11 is 0. The van der Waals surface area contributed by atoms with Gasteiger partial charge in [0.05, 0.1) is 11.2 Å². The molecule has 8 aromatic rings. The predicted octanol–water partition coefficient (Wildman–Crippen LogP) is 9.03. The van der Waals surface area contributed by atoms with Gasteiger partial charge in [0.2, 0.25) is 0 Å². The monoisotopic (exact) mass is 551 g/mol. The van der Waals surface area contributed by atoms with Crippen molar-refractivity contribution < 1.29 is 0 Å². The lowest BCUT2D eigenvalue weighted by molar-refractivity contribution is 0.915. The molecular formula is C38H25N5. The zero-order valence-electron chi connectivity index (χ0n) is 23.2. The highest BCUT2D eigenvalue weighted by atomic mass is 15.3. The van der Waals surface area contributed by atoms with Gasteiger partial charge in [0, 0.05) is 27.6 Å². The van der Waals surface area contributed by atoms with E-state index in [0.29, 0.717) is 17.5 Å². The first-order valence-corrected chi connectivity index (χ1v) is 14.2. The van der Waals surface area contributed by atoms with Crippen molar-refractivity contribution in [2.75, 3.05) is 0 Å². The molecule has 5 heteroatoms. The molecule has 0 atom stereocenters. The molecule has 0 N–H and O–H groups in total. The van der Waals surface area contributed by atoms with Crippen LogP contribution in [-0.4, -0.2) is 24.7 Å². The summed E-state index contributed by atoms with van der Waals surface area (Å²) in [4.78, 5) is 14.7. The van der Waals surface area contributed by atoms with E-state index in [1.807, 2.05) is 95.7 Å². The summed E-state index contributed by atoms with van der Waals surface area (Å²) < 4.78 is 2.04. The number of hydrogen-bond donors (Lipinski definition) is 0.